The lowest BCUT2D eigenvalue weighted by Crippen LogP contribution is -2.06. The van der Waals surface area contributed by atoms with Crippen molar-refractivity contribution in [2.75, 3.05) is 0 Å². The highest BCUT2D eigenvalue weighted by Crippen LogP contribution is 2.42. The summed E-state index contributed by atoms with van der Waals surface area (Å²) in [6.07, 6.45) is 2.23. The Morgan fingerprint density at radius 2 is 1.86 bits per heavy atom. The fraction of sp³-hybridized carbons (Fsp3) is 0.190. The predicted octanol–water partition coefficient (Wildman–Crippen LogP) is 5.52. The zero-order chi connectivity index (χ0) is 15.5. The molecule has 0 aromatic heterocycles. The second kappa shape index (κ2) is 6.03. The van der Waals surface area contributed by atoms with Gasteiger partial charge in [-0.2, -0.15) is 5.26 Å². The topological polar surface area (TPSA) is 23.8 Å². The number of hydrogen-bond acceptors (Lipinski definition) is 1. The summed E-state index contributed by atoms with van der Waals surface area (Å²) in [5.74, 6) is 0. The molecule has 0 N–H and O–H groups in total. The fourth-order valence-corrected chi connectivity index (χ4v) is 3.19. The average molecular weight is 285 g/mol. The first-order valence-corrected chi connectivity index (χ1v) is 7.64. The Bertz CT molecular complexity index is 788. The summed E-state index contributed by atoms with van der Waals surface area (Å²) in [4.78, 5) is 0. The van der Waals surface area contributed by atoms with Gasteiger partial charge in [-0.05, 0) is 47.6 Å². The predicted molar refractivity (Wildman–Crippen MR) is 92.1 cm³/mol. The second-order valence-corrected chi connectivity index (χ2v) is 5.83. The van der Waals surface area contributed by atoms with Crippen LogP contribution >= 0.6 is 0 Å². The first-order chi connectivity index (χ1) is 10.7. The van der Waals surface area contributed by atoms with Crippen molar-refractivity contribution < 1.29 is 0 Å². The minimum Gasteiger partial charge on any atom is -0.198 e. The van der Waals surface area contributed by atoms with Crippen molar-refractivity contribution in [1.82, 2.24) is 0 Å². The molecule has 0 fully saturated rings. The Labute approximate surface area is 132 Å². The molecule has 0 bridgehead atoms. The van der Waals surface area contributed by atoms with Gasteiger partial charge in [-0.1, -0.05) is 66.2 Å². The van der Waals surface area contributed by atoms with Crippen molar-refractivity contribution in [3.05, 3.63) is 82.9 Å². The van der Waals surface area contributed by atoms with Crippen molar-refractivity contribution in [3.8, 4) is 6.07 Å². The summed E-state index contributed by atoms with van der Waals surface area (Å²) in [6.45, 7) is 6.37. The molecule has 2 aromatic carbocycles. The molecule has 108 valence electrons. The van der Waals surface area contributed by atoms with Crippen LogP contribution in [0.25, 0.3) is 11.1 Å². The molecule has 1 heteroatoms. The maximum atomic E-state index is 8.96. The Morgan fingerprint density at radius 1 is 1.09 bits per heavy atom. The maximum absolute atomic E-state index is 8.96. The van der Waals surface area contributed by atoms with Crippen LogP contribution in [-0.4, -0.2) is 0 Å². The number of hydrogen-bond donors (Lipinski definition) is 0. The third kappa shape index (κ3) is 2.61. The molecule has 0 saturated heterocycles. The van der Waals surface area contributed by atoms with Crippen LogP contribution in [0.15, 0.2) is 60.7 Å². The van der Waals surface area contributed by atoms with E-state index >= 15 is 0 Å². The van der Waals surface area contributed by atoms with E-state index in [0.717, 1.165) is 18.4 Å². The maximum Gasteiger partial charge on any atom is 0.0625 e. The van der Waals surface area contributed by atoms with Crippen LogP contribution in [0.5, 0.6) is 0 Å². The summed E-state index contributed by atoms with van der Waals surface area (Å²) >= 11 is 0. The van der Waals surface area contributed by atoms with E-state index in [1.165, 1.54) is 33.4 Å². The van der Waals surface area contributed by atoms with Crippen LogP contribution in [0.1, 0.15) is 41.5 Å². The minimum absolute atomic E-state index is 0.556. The van der Waals surface area contributed by atoms with Crippen molar-refractivity contribution in [2.45, 2.75) is 26.2 Å². The average Bonchev–Trinajstić information content (AvgIpc) is 2.53. The van der Waals surface area contributed by atoms with Crippen LogP contribution < -0.4 is 0 Å². The van der Waals surface area contributed by atoms with Gasteiger partial charge in [0, 0.05) is 6.42 Å². The molecule has 1 aliphatic rings. The highest BCUT2D eigenvalue weighted by Gasteiger charge is 2.22. The van der Waals surface area contributed by atoms with Crippen LogP contribution in [0.4, 0.5) is 0 Å². The minimum atomic E-state index is 0.556. The van der Waals surface area contributed by atoms with E-state index in [9.17, 15) is 0 Å². The van der Waals surface area contributed by atoms with E-state index in [2.05, 4.69) is 62.0 Å². The standard InChI is InChI=1S/C21H19N/c1-15-10-11-19-16(2)14-18(9-6-12-22)21(20(19)13-15)17-7-4-3-5-8-17/h3-5,7-8,10-11,13H,2,6,9,14H2,1H3. The second-order valence-electron chi connectivity index (χ2n) is 5.83. The molecule has 0 radical (unpaired) electrons. The number of nitriles is 1. The van der Waals surface area contributed by atoms with Crippen LogP contribution in [0.3, 0.4) is 0 Å². The Kier molecular flexibility index (Phi) is 3.94. The van der Waals surface area contributed by atoms with Gasteiger partial charge in [-0.3, -0.25) is 0 Å². The molecule has 0 heterocycles. The van der Waals surface area contributed by atoms with E-state index in [-0.39, 0.29) is 0 Å². The van der Waals surface area contributed by atoms with Crippen molar-refractivity contribution in [2.24, 2.45) is 0 Å². The Hall–Kier alpha value is -2.59. The Morgan fingerprint density at radius 3 is 2.59 bits per heavy atom. The van der Waals surface area contributed by atoms with E-state index in [1.807, 2.05) is 6.07 Å². The fourth-order valence-electron chi connectivity index (χ4n) is 3.19. The molecular formula is C21H19N. The summed E-state index contributed by atoms with van der Waals surface area (Å²) in [7, 11) is 0. The highest BCUT2D eigenvalue weighted by atomic mass is 14.3. The summed E-state index contributed by atoms with van der Waals surface area (Å²) in [6, 6.07) is 19.3. The van der Waals surface area contributed by atoms with Gasteiger partial charge in [-0.25, -0.2) is 0 Å². The first-order valence-electron chi connectivity index (χ1n) is 7.64. The van der Waals surface area contributed by atoms with E-state index in [4.69, 9.17) is 5.26 Å². The van der Waals surface area contributed by atoms with Crippen LogP contribution in [0, 0.1) is 18.3 Å². The third-order valence-corrected chi connectivity index (χ3v) is 4.21. The van der Waals surface area contributed by atoms with Gasteiger partial charge >= 0.3 is 0 Å². The van der Waals surface area contributed by atoms with Gasteiger partial charge < -0.3 is 0 Å². The van der Waals surface area contributed by atoms with E-state index in [1.54, 1.807) is 0 Å². The summed E-state index contributed by atoms with van der Waals surface area (Å²) < 4.78 is 0. The zero-order valence-corrected chi connectivity index (χ0v) is 12.9. The van der Waals surface area contributed by atoms with Gasteiger partial charge in [-0.15, -0.1) is 0 Å². The van der Waals surface area contributed by atoms with Crippen molar-refractivity contribution in [1.29, 1.82) is 5.26 Å². The number of rotatable bonds is 3. The third-order valence-electron chi connectivity index (χ3n) is 4.21. The monoisotopic (exact) mass is 285 g/mol. The zero-order valence-electron chi connectivity index (χ0n) is 12.9. The molecule has 0 spiro atoms. The van der Waals surface area contributed by atoms with Crippen molar-refractivity contribution in [3.63, 3.8) is 0 Å². The van der Waals surface area contributed by atoms with E-state index < -0.39 is 0 Å². The first kappa shape index (κ1) is 14.4. The summed E-state index contributed by atoms with van der Waals surface area (Å²) in [5.41, 5.74) is 8.76. The lowest BCUT2D eigenvalue weighted by atomic mass is 9.78. The number of benzene rings is 2. The molecule has 3 rings (SSSR count). The molecule has 0 unspecified atom stereocenters. The van der Waals surface area contributed by atoms with Gasteiger partial charge in [0.15, 0.2) is 0 Å². The quantitative estimate of drug-likeness (QED) is 0.728. The molecule has 0 saturated carbocycles. The lowest BCUT2D eigenvalue weighted by Gasteiger charge is -2.26. The molecule has 22 heavy (non-hydrogen) atoms. The lowest BCUT2D eigenvalue weighted by molar-refractivity contribution is 0.950. The van der Waals surface area contributed by atoms with Crippen LogP contribution in [0.2, 0.25) is 0 Å². The van der Waals surface area contributed by atoms with Crippen LogP contribution in [-0.2, 0) is 0 Å². The molecule has 1 aliphatic carbocycles. The smallest absolute Gasteiger partial charge is 0.0625 e. The van der Waals surface area contributed by atoms with E-state index in [0.29, 0.717) is 6.42 Å². The normalized spacial score (nSPS) is 13.7. The largest absolute Gasteiger partial charge is 0.198 e. The number of aryl methyl sites for hydroxylation is 1. The van der Waals surface area contributed by atoms with Crippen molar-refractivity contribution >= 4 is 11.1 Å². The molecule has 0 amide bonds. The molecule has 0 aliphatic heterocycles. The molecule has 1 nitrogen and oxygen atoms in total. The SMILES string of the molecule is C=C1CC(CCC#N)=C(c2ccccc2)c2cc(C)ccc21. The molecule has 2 aromatic rings. The number of nitrogens with zero attached hydrogens (tertiary/aromatic N) is 1. The number of allylic oxidation sites excluding steroid dienone is 2. The summed E-state index contributed by atoms with van der Waals surface area (Å²) in [5, 5.41) is 8.96. The molecular weight excluding hydrogens is 266 g/mol. The van der Waals surface area contributed by atoms with Gasteiger partial charge in [0.25, 0.3) is 0 Å². The highest BCUT2D eigenvalue weighted by molar-refractivity contribution is 5.93. The Balaban J connectivity index is 2.24. The van der Waals surface area contributed by atoms with Gasteiger partial charge in [0.2, 0.25) is 0 Å². The number of fused-ring (bicyclic) bond motifs is 1. The van der Waals surface area contributed by atoms with Gasteiger partial charge in [0.1, 0.15) is 0 Å². The van der Waals surface area contributed by atoms with Gasteiger partial charge in [0.05, 0.1) is 6.07 Å². The molecule has 0 atom stereocenters.